The summed E-state index contributed by atoms with van der Waals surface area (Å²) >= 11 is 0. The molecule has 1 atom stereocenters. The smallest absolute Gasteiger partial charge is 0.243 e. The van der Waals surface area contributed by atoms with Gasteiger partial charge >= 0.3 is 0 Å². The van der Waals surface area contributed by atoms with Gasteiger partial charge in [0.1, 0.15) is 5.82 Å². The Morgan fingerprint density at radius 2 is 1.77 bits per heavy atom. The molecule has 0 aliphatic carbocycles. The van der Waals surface area contributed by atoms with Crippen molar-refractivity contribution < 1.29 is 17.5 Å². The van der Waals surface area contributed by atoms with Gasteiger partial charge in [0.25, 0.3) is 0 Å². The molecule has 22 heavy (non-hydrogen) atoms. The van der Waals surface area contributed by atoms with E-state index in [2.05, 4.69) is 11.8 Å². The Labute approximate surface area is 131 Å². The van der Waals surface area contributed by atoms with Crippen LogP contribution in [0.1, 0.15) is 6.92 Å². The van der Waals surface area contributed by atoms with Crippen LogP contribution >= 0.6 is 0 Å². The van der Waals surface area contributed by atoms with Crippen LogP contribution in [0.2, 0.25) is 0 Å². The monoisotopic (exact) mass is 330 g/mol. The predicted octanol–water partition coefficient (Wildman–Crippen LogP) is 1.41. The Bertz CT molecular complexity index is 569. The maximum absolute atomic E-state index is 12.9. The zero-order valence-electron chi connectivity index (χ0n) is 13.0. The zero-order chi connectivity index (χ0) is 16.2. The first-order valence-electron chi connectivity index (χ1n) is 7.40. The van der Waals surface area contributed by atoms with Gasteiger partial charge < -0.3 is 9.64 Å². The molecule has 0 spiro atoms. The van der Waals surface area contributed by atoms with Crippen molar-refractivity contribution in [3.63, 3.8) is 0 Å². The first-order chi connectivity index (χ1) is 10.4. The fourth-order valence-electron chi connectivity index (χ4n) is 2.69. The van der Waals surface area contributed by atoms with Crippen molar-refractivity contribution in [1.29, 1.82) is 0 Å². The Kier molecular flexibility index (Phi) is 5.91. The zero-order valence-corrected chi connectivity index (χ0v) is 13.9. The van der Waals surface area contributed by atoms with Crippen LogP contribution in [0.4, 0.5) is 4.39 Å². The highest BCUT2D eigenvalue weighted by Gasteiger charge is 2.28. The number of benzene rings is 1. The third-order valence-corrected chi connectivity index (χ3v) is 5.72. The average molecular weight is 330 g/mol. The molecule has 1 heterocycles. The van der Waals surface area contributed by atoms with Crippen molar-refractivity contribution in [2.24, 2.45) is 5.92 Å². The minimum absolute atomic E-state index is 0.148. The van der Waals surface area contributed by atoms with Gasteiger partial charge in [-0.15, -0.1) is 0 Å². The molecule has 1 unspecified atom stereocenters. The summed E-state index contributed by atoms with van der Waals surface area (Å²) in [6.07, 6.45) is 0. The number of sulfonamides is 1. The summed E-state index contributed by atoms with van der Waals surface area (Å²) in [7, 11) is -1.84. The van der Waals surface area contributed by atoms with Crippen molar-refractivity contribution in [3.05, 3.63) is 30.1 Å². The second-order valence-electron chi connectivity index (χ2n) is 5.72. The molecule has 1 fully saturated rings. The summed E-state index contributed by atoms with van der Waals surface area (Å²) in [5.74, 6) is -0.0128. The van der Waals surface area contributed by atoms with Crippen molar-refractivity contribution in [3.8, 4) is 0 Å². The number of methoxy groups -OCH3 is 1. The number of rotatable bonds is 6. The molecule has 1 aliphatic rings. The van der Waals surface area contributed by atoms with Crippen LogP contribution < -0.4 is 0 Å². The second kappa shape index (κ2) is 7.50. The van der Waals surface area contributed by atoms with Gasteiger partial charge in [-0.3, -0.25) is 0 Å². The van der Waals surface area contributed by atoms with E-state index in [1.807, 2.05) is 0 Å². The standard InChI is InChI=1S/C15H23FN2O3S/c1-13(12-21-2)11-17-7-9-18(10-8-17)22(19,20)15-5-3-14(16)4-6-15/h3-6,13H,7-12H2,1-2H3. The van der Waals surface area contributed by atoms with Gasteiger partial charge in [0.05, 0.1) is 4.90 Å². The summed E-state index contributed by atoms with van der Waals surface area (Å²) < 4.78 is 44.5. The topological polar surface area (TPSA) is 49.9 Å². The number of ether oxygens (including phenoxy) is 1. The molecule has 124 valence electrons. The number of piperazine rings is 1. The minimum atomic E-state index is -3.53. The van der Waals surface area contributed by atoms with E-state index in [1.165, 1.54) is 28.6 Å². The quantitative estimate of drug-likeness (QED) is 0.791. The molecule has 1 aliphatic heterocycles. The normalized spacial score (nSPS) is 19.2. The van der Waals surface area contributed by atoms with Crippen molar-refractivity contribution in [1.82, 2.24) is 9.21 Å². The van der Waals surface area contributed by atoms with Crippen LogP contribution in [0.25, 0.3) is 0 Å². The maximum atomic E-state index is 12.9. The summed E-state index contributed by atoms with van der Waals surface area (Å²) in [6.45, 7) is 6.04. The predicted molar refractivity (Wildman–Crippen MR) is 82.6 cm³/mol. The van der Waals surface area contributed by atoms with Gasteiger partial charge in [-0.1, -0.05) is 6.92 Å². The van der Waals surface area contributed by atoms with Crippen LogP contribution in [0.15, 0.2) is 29.2 Å². The van der Waals surface area contributed by atoms with E-state index in [0.29, 0.717) is 38.7 Å². The van der Waals surface area contributed by atoms with E-state index in [0.717, 1.165) is 6.54 Å². The maximum Gasteiger partial charge on any atom is 0.243 e. The summed E-state index contributed by atoms with van der Waals surface area (Å²) in [5, 5.41) is 0. The number of hydrogen-bond donors (Lipinski definition) is 0. The molecule has 5 nitrogen and oxygen atoms in total. The Morgan fingerprint density at radius 1 is 1.18 bits per heavy atom. The van der Waals surface area contributed by atoms with E-state index in [9.17, 15) is 12.8 Å². The highest BCUT2D eigenvalue weighted by Crippen LogP contribution is 2.18. The fraction of sp³-hybridized carbons (Fsp3) is 0.600. The average Bonchev–Trinajstić information content (AvgIpc) is 2.48. The third kappa shape index (κ3) is 4.25. The molecule has 0 amide bonds. The largest absolute Gasteiger partial charge is 0.384 e. The molecule has 0 saturated carbocycles. The molecule has 1 saturated heterocycles. The van der Waals surface area contributed by atoms with Crippen LogP contribution in [0, 0.1) is 11.7 Å². The van der Waals surface area contributed by atoms with Crippen LogP contribution in [-0.2, 0) is 14.8 Å². The van der Waals surface area contributed by atoms with Gasteiger partial charge in [0.15, 0.2) is 0 Å². The molecule has 0 bridgehead atoms. The lowest BCUT2D eigenvalue weighted by atomic mass is 10.2. The summed E-state index contributed by atoms with van der Waals surface area (Å²) in [4.78, 5) is 2.40. The molecule has 1 aromatic rings. The van der Waals surface area contributed by atoms with Crippen LogP contribution in [0.5, 0.6) is 0 Å². The lowest BCUT2D eigenvalue weighted by molar-refractivity contribution is 0.112. The minimum Gasteiger partial charge on any atom is -0.384 e. The summed E-state index contributed by atoms with van der Waals surface area (Å²) in [6, 6.07) is 4.99. The lowest BCUT2D eigenvalue weighted by Gasteiger charge is -2.35. The molecule has 2 rings (SSSR count). The number of hydrogen-bond acceptors (Lipinski definition) is 4. The number of halogens is 1. The van der Waals surface area contributed by atoms with Gasteiger partial charge in [-0.2, -0.15) is 4.31 Å². The molecular weight excluding hydrogens is 307 g/mol. The molecule has 7 heteroatoms. The summed E-state index contributed by atoms with van der Waals surface area (Å²) in [5.41, 5.74) is 0. The van der Waals surface area contributed by atoms with E-state index in [1.54, 1.807) is 7.11 Å². The lowest BCUT2D eigenvalue weighted by Crippen LogP contribution is -2.49. The number of nitrogens with zero attached hydrogens (tertiary/aromatic N) is 2. The first-order valence-corrected chi connectivity index (χ1v) is 8.84. The van der Waals surface area contributed by atoms with Gasteiger partial charge in [-0.25, -0.2) is 12.8 Å². The SMILES string of the molecule is COCC(C)CN1CCN(S(=O)(=O)c2ccc(F)cc2)CC1. The Hall–Kier alpha value is -1.02. The first kappa shape index (κ1) is 17.3. The molecule has 0 N–H and O–H groups in total. The molecule has 0 aromatic heterocycles. The Morgan fingerprint density at radius 3 is 2.32 bits per heavy atom. The highest BCUT2D eigenvalue weighted by molar-refractivity contribution is 7.89. The van der Waals surface area contributed by atoms with E-state index < -0.39 is 15.8 Å². The van der Waals surface area contributed by atoms with Crippen LogP contribution in [0.3, 0.4) is 0 Å². The highest BCUT2D eigenvalue weighted by atomic mass is 32.2. The fourth-order valence-corrected chi connectivity index (χ4v) is 4.11. The van der Waals surface area contributed by atoms with Crippen molar-refractivity contribution in [2.45, 2.75) is 11.8 Å². The van der Waals surface area contributed by atoms with E-state index in [-0.39, 0.29) is 4.90 Å². The second-order valence-corrected chi connectivity index (χ2v) is 7.66. The van der Waals surface area contributed by atoms with Crippen molar-refractivity contribution >= 4 is 10.0 Å². The van der Waals surface area contributed by atoms with Crippen LogP contribution in [-0.4, -0.2) is 64.1 Å². The van der Waals surface area contributed by atoms with Gasteiger partial charge in [-0.05, 0) is 30.2 Å². The molecule has 0 radical (unpaired) electrons. The van der Waals surface area contributed by atoms with E-state index >= 15 is 0 Å². The van der Waals surface area contributed by atoms with Gasteiger partial charge in [0.2, 0.25) is 10.0 Å². The molecular formula is C15H23FN2O3S. The van der Waals surface area contributed by atoms with E-state index in [4.69, 9.17) is 4.74 Å². The van der Waals surface area contributed by atoms with Crippen molar-refractivity contribution in [2.75, 3.05) is 46.4 Å². The Balaban J connectivity index is 1.94. The third-order valence-electron chi connectivity index (χ3n) is 3.80. The molecule has 1 aromatic carbocycles. The van der Waals surface area contributed by atoms with Gasteiger partial charge in [0, 0.05) is 46.4 Å².